The highest BCUT2D eigenvalue weighted by molar-refractivity contribution is 5.68. The van der Waals surface area contributed by atoms with E-state index in [2.05, 4.69) is 20.8 Å². The molecule has 0 amide bonds. The standard InChI is InChI=1S/C13H8N8O/c1-22-10-2-3-13(21-8-17-19-20-21)11(4-10)18-12(7-16)9(5-14)6-15/h2-4,8,18H,1H3. The van der Waals surface area contributed by atoms with E-state index in [4.69, 9.17) is 20.5 Å². The first kappa shape index (κ1) is 14.5. The first-order chi connectivity index (χ1) is 10.7. The highest BCUT2D eigenvalue weighted by Crippen LogP contribution is 2.26. The number of nitriles is 3. The fourth-order valence-electron chi connectivity index (χ4n) is 1.63. The van der Waals surface area contributed by atoms with Crippen LogP contribution < -0.4 is 10.1 Å². The van der Waals surface area contributed by atoms with Crippen LogP contribution in [-0.2, 0) is 0 Å². The van der Waals surface area contributed by atoms with Crippen LogP contribution in [0.3, 0.4) is 0 Å². The summed E-state index contributed by atoms with van der Waals surface area (Å²) in [5.41, 5.74) is 0.431. The van der Waals surface area contributed by atoms with Gasteiger partial charge in [-0.2, -0.15) is 20.5 Å². The summed E-state index contributed by atoms with van der Waals surface area (Å²) in [5.74, 6) is 0.520. The van der Waals surface area contributed by atoms with E-state index in [1.54, 1.807) is 36.4 Å². The van der Waals surface area contributed by atoms with E-state index < -0.39 is 0 Å². The van der Waals surface area contributed by atoms with Gasteiger partial charge in [-0.3, -0.25) is 0 Å². The van der Waals surface area contributed by atoms with Gasteiger partial charge >= 0.3 is 0 Å². The summed E-state index contributed by atoms with van der Waals surface area (Å²) in [6, 6.07) is 10.1. The molecule has 0 spiro atoms. The minimum Gasteiger partial charge on any atom is -0.497 e. The second kappa shape index (κ2) is 6.51. The van der Waals surface area contributed by atoms with Gasteiger partial charge in [0.2, 0.25) is 0 Å². The number of methoxy groups -OCH3 is 1. The lowest BCUT2D eigenvalue weighted by Gasteiger charge is -2.12. The minimum atomic E-state index is -0.326. The Bertz CT molecular complexity index is 816. The highest BCUT2D eigenvalue weighted by atomic mass is 16.5. The molecule has 0 aliphatic heterocycles. The summed E-state index contributed by atoms with van der Waals surface area (Å²) in [7, 11) is 1.49. The normalized spacial score (nSPS) is 9.00. The molecule has 0 bridgehead atoms. The molecule has 1 heterocycles. The largest absolute Gasteiger partial charge is 0.497 e. The number of hydrogen-bond donors (Lipinski definition) is 1. The number of aromatic nitrogens is 4. The monoisotopic (exact) mass is 292 g/mol. The average Bonchev–Trinajstić information content (AvgIpc) is 3.09. The summed E-state index contributed by atoms with van der Waals surface area (Å²) in [6.45, 7) is 0. The van der Waals surface area contributed by atoms with Crippen LogP contribution in [0.5, 0.6) is 5.75 Å². The Morgan fingerprint density at radius 1 is 1.23 bits per heavy atom. The lowest BCUT2D eigenvalue weighted by Crippen LogP contribution is -2.06. The van der Waals surface area contributed by atoms with E-state index >= 15 is 0 Å². The molecule has 9 nitrogen and oxygen atoms in total. The molecule has 0 atom stereocenters. The number of tetrazole rings is 1. The van der Waals surface area contributed by atoms with Gasteiger partial charge in [-0.1, -0.05) is 0 Å². The zero-order valence-electron chi connectivity index (χ0n) is 11.3. The van der Waals surface area contributed by atoms with Crippen LogP contribution in [0.15, 0.2) is 35.8 Å². The predicted octanol–water partition coefficient (Wildman–Crippen LogP) is 0.908. The maximum Gasteiger partial charge on any atom is 0.163 e. The summed E-state index contributed by atoms with van der Waals surface area (Å²) < 4.78 is 6.50. The van der Waals surface area contributed by atoms with Crippen molar-refractivity contribution >= 4 is 5.69 Å². The molecule has 0 saturated heterocycles. The molecule has 1 aromatic carbocycles. The Hall–Kier alpha value is -3.90. The van der Waals surface area contributed by atoms with Crippen LogP contribution in [-0.4, -0.2) is 27.3 Å². The predicted molar refractivity (Wildman–Crippen MR) is 73.2 cm³/mol. The minimum absolute atomic E-state index is 0.174. The van der Waals surface area contributed by atoms with Gasteiger partial charge in [0, 0.05) is 6.07 Å². The van der Waals surface area contributed by atoms with Crippen LogP contribution in [0.4, 0.5) is 5.69 Å². The van der Waals surface area contributed by atoms with Crippen molar-refractivity contribution < 1.29 is 4.74 Å². The Kier molecular flexibility index (Phi) is 4.29. The molecular weight excluding hydrogens is 284 g/mol. The number of allylic oxidation sites excluding steroid dienone is 2. The summed E-state index contributed by atoms with van der Waals surface area (Å²) in [5, 5.41) is 40.5. The summed E-state index contributed by atoms with van der Waals surface area (Å²) in [6.07, 6.45) is 1.37. The number of nitrogens with one attached hydrogen (secondary N) is 1. The van der Waals surface area contributed by atoms with Gasteiger partial charge in [-0.05, 0) is 22.6 Å². The third-order valence-electron chi connectivity index (χ3n) is 2.64. The molecule has 22 heavy (non-hydrogen) atoms. The van der Waals surface area contributed by atoms with E-state index in [1.807, 2.05) is 0 Å². The molecule has 1 aromatic heterocycles. The quantitative estimate of drug-likeness (QED) is 0.821. The number of ether oxygens (including phenoxy) is 1. The molecule has 0 radical (unpaired) electrons. The number of hydrogen-bond acceptors (Lipinski definition) is 8. The third kappa shape index (κ3) is 2.82. The molecule has 0 aliphatic carbocycles. The fraction of sp³-hybridized carbons (Fsp3) is 0.0769. The van der Waals surface area contributed by atoms with Gasteiger partial charge in [0.05, 0.1) is 18.5 Å². The molecule has 0 unspecified atom stereocenters. The van der Waals surface area contributed by atoms with E-state index in [0.29, 0.717) is 17.1 Å². The molecule has 2 rings (SSSR count). The maximum atomic E-state index is 9.12. The van der Waals surface area contributed by atoms with Gasteiger partial charge < -0.3 is 10.1 Å². The Morgan fingerprint density at radius 3 is 2.55 bits per heavy atom. The van der Waals surface area contributed by atoms with Gasteiger partial charge in [-0.25, -0.2) is 0 Å². The molecule has 0 saturated carbocycles. The summed E-state index contributed by atoms with van der Waals surface area (Å²) >= 11 is 0. The Labute approximate surface area is 125 Å². The molecule has 0 aliphatic rings. The Morgan fingerprint density at radius 2 is 2.00 bits per heavy atom. The SMILES string of the molecule is COc1ccc(-n2cnnn2)c(NC(C#N)=C(C#N)C#N)c1. The second-order valence-corrected chi connectivity index (χ2v) is 3.85. The van der Waals surface area contributed by atoms with Gasteiger partial charge in [-0.15, -0.1) is 5.10 Å². The van der Waals surface area contributed by atoms with Crippen molar-refractivity contribution in [2.75, 3.05) is 12.4 Å². The van der Waals surface area contributed by atoms with Crippen LogP contribution in [0.25, 0.3) is 5.69 Å². The van der Waals surface area contributed by atoms with Crippen molar-refractivity contribution in [3.63, 3.8) is 0 Å². The highest BCUT2D eigenvalue weighted by Gasteiger charge is 2.12. The van der Waals surface area contributed by atoms with Crippen LogP contribution in [0.2, 0.25) is 0 Å². The molecule has 9 heteroatoms. The molecule has 0 fully saturated rings. The lowest BCUT2D eigenvalue weighted by molar-refractivity contribution is 0.415. The molecule has 1 N–H and O–H groups in total. The van der Waals surface area contributed by atoms with E-state index in [-0.39, 0.29) is 11.3 Å². The lowest BCUT2D eigenvalue weighted by atomic mass is 10.2. The topological polar surface area (TPSA) is 136 Å². The first-order valence-electron chi connectivity index (χ1n) is 5.86. The van der Waals surface area contributed by atoms with Gasteiger partial charge in [0.25, 0.3) is 0 Å². The molecule has 2 aromatic rings. The summed E-state index contributed by atoms with van der Waals surface area (Å²) in [4.78, 5) is 0. The first-order valence-corrected chi connectivity index (χ1v) is 5.86. The van der Waals surface area contributed by atoms with Crippen LogP contribution in [0.1, 0.15) is 0 Å². The number of anilines is 1. The van der Waals surface area contributed by atoms with E-state index in [9.17, 15) is 0 Å². The van der Waals surface area contributed by atoms with Crippen molar-refractivity contribution in [1.29, 1.82) is 15.8 Å². The fourth-order valence-corrected chi connectivity index (χ4v) is 1.63. The van der Waals surface area contributed by atoms with Gasteiger partial charge in [0.1, 0.15) is 36.0 Å². The van der Waals surface area contributed by atoms with Crippen molar-refractivity contribution in [3.05, 3.63) is 35.8 Å². The Balaban J connectivity index is 2.55. The number of benzene rings is 1. The maximum absolute atomic E-state index is 9.12. The second-order valence-electron chi connectivity index (χ2n) is 3.85. The zero-order valence-corrected chi connectivity index (χ0v) is 11.3. The van der Waals surface area contributed by atoms with Crippen LogP contribution >= 0.6 is 0 Å². The molecule has 106 valence electrons. The average molecular weight is 292 g/mol. The third-order valence-corrected chi connectivity index (χ3v) is 2.64. The van der Waals surface area contributed by atoms with Gasteiger partial charge in [0.15, 0.2) is 5.57 Å². The number of nitrogens with zero attached hydrogens (tertiary/aromatic N) is 7. The number of rotatable bonds is 4. The van der Waals surface area contributed by atoms with E-state index in [0.717, 1.165) is 0 Å². The van der Waals surface area contributed by atoms with Crippen molar-refractivity contribution in [2.45, 2.75) is 0 Å². The van der Waals surface area contributed by atoms with E-state index in [1.165, 1.54) is 18.1 Å². The smallest absolute Gasteiger partial charge is 0.163 e. The van der Waals surface area contributed by atoms with Crippen molar-refractivity contribution in [2.24, 2.45) is 0 Å². The zero-order chi connectivity index (χ0) is 15.9. The molecular formula is C13H8N8O. The van der Waals surface area contributed by atoms with Crippen LogP contribution in [0, 0.1) is 34.0 Å². The van der Waals surface area contributed by atoms with Crippen molar-refractivity contribution in [3.8, 4) is 29.6 Å². The van der Waals surface area contributed by atoms with Crippen molar-refractivity contribution in [1.82, 2.24) is 20.2 Å².